The zero-order valence-corrected chi connectivity index (χ0v) is 11.6. The number of rotatable bonds is 2. The Kier molecular flexibility index (Phi) is 3.79. The van der Waals surface area contributed by atoms with Gasteiger partial charge >= 0.3 is 0 Å². The maximum absolute atomic E-state index is 12.3. The fourth-order valence-electron chi connectivity index (χ4n) is 2.32. The Balaban J connectivity index is 1.77. The van der Waals surface area contributed by atoms with E-state index in [4.69, 9.17) is 5.73 Å². The number of carbonyl (C=O) groups is 1. The predicted molar refractivity (Wildman–Crippen MR) is 80.7 cm³/mol. The summed E-state index contributed by atoms with van der Waals surface area (Å²) in [6, 6.07) is 7.43. The number of nitrogens with one attached hydrogen (secondary N) is 1. The van der Waals surface area contributed by atoms with Gasteiger partial charge in [0.1, 0.15) is 5.82 Å². The molecule has 1 saturated heterocycles. The predicted octanol–water partition coefficient (Wildman–Crippen LogP) is 0.771. The summed E-state index contributed by atoms with van der Waals surface area (Å²) in [6.07, 6.45) is 3.15. The van der Waals surface area contributed by atoms with Gasteiger partial charge in [-0.1, -0.05) is 12.1 Å². The molecule has 21 heavy (non-hydrogen) atoms. The molecule has 0 radical (unpaired) electrons. The maximum atomic E-state index is 12.3. The number of aromatic nitrogens is 2. The molecule has 108 valence electrons. The van der Waals surface area contributed by atoms with Crippen molar-refractivity contribution >= 4 is 11.7 Å². The van der Waals surface area contributed by atoms with Crippen LogP contribution in [0.4, 0.5) is 5.82 Å². The van der Waals surface area contributed by atoms with Crippen molar-refractivity contribution < 1.29 is 4.79 Å². The summed E-state index contributed by atoms with van der Waals surface area (Å²) in [5, 5.41) is 3.24. The number of hydrogen-bond donors (Lipinski definition) is 2. The van der Waals surface area contributed by atoms with Gasteiger partial charge in [-0.25, -0.2) is 4.98 Å². The molecule has 3 rings (SSSR count). The summed E-state index contributed by atoms with van der Waals surface area (Å²) in [7, 11) is 0. The molecule has 1 aliphatic rings. The number of anilines is 1. The van der Waals surface area contributed by atoms with Gasteiger partial charge in [0.2, 0.25) is 0 Å². The summed E-state index contributed by atoms with van der Waals surface area (Å²) >= 11 is 0. The molecule has 1 aromatic carbocycles. The third kappa shape index (κ3) is 3.00. The van der Waals surface area contributed by atoms with Crippen LogP contribution >= 0.6 is 0 Å². The second-order valence-corrected chi connectivity index (χ2v) is 4.95. The standard InChI is InChI=1S/C15H17N5O/c16-14-10-18-13(9-19-14)11-1-3-12(4-2-11)15(21)20-7-5-17-6-8-20/h1-4,9-10,17H,5-8H2,(H2,16,19). The third-order valence-electron chi connectivity index (χ3n) is 3.50. The van der Waals surface area contributed by atoms with E-state index in [-0.39, 0.29) is 5.91 Å². The first-order valence-corrected chi connectivity index (χ1v) is 6.92. The molecule has 0 unspecified atom stereocenters. The molecule has 1 fully saturated rings. The first-order chi connectivity index (χ1) is 10.2. The molecule has 1 amide bonds. The number of nitrogens with two attached hydrogens (primary N) is 1. The largest absolute Gasteiger partial charge is 0.382 e. The van der Waals surface area contributed by atoms with Crippen LogP contribution in [0, 0.1) is 0 Å². The lowest BCUT2D eigenvalue weighted by Gasteiger charge is -2.27. The molecule has 2 heterocycles. The summed E-state index contributed by atoms with van der Waals surface area (Å²) < 4.78 is 0. The molecule has 0 atom stereocenters. The average Bonchev–Trinajstić information content (AvgIpc) is 2.56. The zero-order valence-electron chi connectivity index (χ0n) is 11.6. The monoisotopic (exact) mass is 283 g/mol. The fraction of sp³-hybridized carbons (Fsp3) is 0.267. The summed E-state index contributed by atoms with van der Waals surface area (Å²) in [5.74, 6) is 0.468. The van der Waals surface area contributed by atoms with Crippen LogP contribution in [0.1, 0.15) is 10.4 Å². The number of benzene rings is 1. The number of carbonyl (C=O) groups excluding carboxylic acids is 1. The molecule has 0 bridgehead atoms. The molecule has 1 aromatic heterocycles. The average molecular weight is 283 g/mol. The Morgan fingerprint density at radius 2 is 1.81 bits per heavy atom. The van der Waals surface area contributed by atoms with Gasteiger partial charge in [-0.3, -0.25) is 9.78 Å². The Hall–Kier alpha value is -2.47. The van der Waals surface area contributed by atoms with Crippen molar-refractivity contribution in [2.75, 3.05) is 31.9 Å². The zero-order chi connectivity index (χ0) is 14.7. The quantitative estimate of drug-likeness (QED) is 0.850. The van der Waals surface area contributed by atoms with Crippen LogP contribution in [0.15, 0.2) is 36.7 Å². The molecule has 6 heteroatoms. The number of piperazine rings is 1. The molecule has 0 saturated carbocycles. The van der Waals surface area contributed by atoms with Crippen LogP contribution in [0.5, 0.6) is 0 Å². The Morgan fingerprint density at radius 3 is 2.43 bits per heavy atom. The topological polar surface area (TPSA) is 84.1 Å². The minimum Gasteiger partial charge on any atom is -0.382 e. The lowest BCUT2D eigenvalue weighted by molar-refractivity contribution is 0.0736. The first kappa shape index (κ1) is 13.5. The Bertz CT molecular complexity index is 618. The molecule has 6 nitrogen and oxygen atoms in total. The minimum atomic E-state index is 0.0754. The number of nitrogens with zero attached hydrogens (tertiary/aromatic N) is 3. The highest BCUT2D eigenvalue weighted by molar-refractivity contribution is 5.94. The van der Waals surface area contributed by atoms with Crippen LogP contribution < -0.4 is 11.1 Å². The Morgan fingerprint density at radius 1 is 1.10 bits per heavy atom. The molecule has 0 aliphatic carbocycles. The summed E-state index contributed by atoms with van der Waals surface area (Å²) in [5.41, 5.74) is 7.88. The van der Waals surface area contributed by atoms with E-state index in [9.17, 15) is 4.79 Å². The second kappa shape index (κ2) is 5.88. The van der Waals surface area contributed by atoms with Gasteiger partial charge in [-0.05, 0) is 12.1 Å². The van der Waals surface area contributed by atoms with E-state index in [0.717, 1.165) is 37.4 Å². The van der Waals surface area contributed by atoms with Crippen molar-refractivity contribution in [3.8, 4) is 11.3 Å². The highest BCUT2D eigenvalue weighted by atomic mass is 16.2. The minimum absolute atomic E-state index is 0.0754. The van der Waals surface area contributed by atoms with Crippen molar-refractivity contribution in [2.45, 2.75) is 0 Å². The van der Waals surface area contributed by atoms with Crippen LogP contribution in [0.25, 0.3) is 11.3 Å². The third-order valence-corrected chi connectivity index (χ3v) is 3.50. The van der Waals surface area contributed by atoms with E-state index in [1.54, 1.807) is 6.20 Å². The van der Waals surface area contributed by atoms with E-state index >= 15 is 0 Å². The van der Waals surface area contributed by atoms with Crippen LogP contribution in [-0.2, 0) is 0 Å². The van der Waals surface area contributed by atoms with Gasteiger partial charge < -0.3 is 16.0 Å². The van der Waals surface area contributed by atoms with Crippen molar-refractivity contribution in [3.63, 3.8) is 0 Å². The highest BCUT2D eigenvalue weighted by Gasteiger charge is 2.17. The van der Waals surface area contributed by atoms with Gasteiger partial charge in [0, 0.05) is 37.3 Å². The smallest absolute Gasteiger partial charge is 0.253 e. The summed E-state index contributed by atoms with van der Waals surface area (Å²) in [6.45, 7) is 3.21. The van der Waals surface area contributed by atoms with E-state index in [1.165, 1.54) is 6.20 Å². The number of hydrogen-bond acceptors (Lipinski definition) is 5. The number of nitrogen functional groups attached to an aromatic ring is 1. The first-order valence-electron chi connectivity index (χ1n) is 6.92. The fourth-order valence-corrected chi connectivity index (χ4v) is 2.32. The van der Waals surface area contributed by atoms with Crippen LogP contribution in [-0.4, -0.2) is 47.0 Å². The molecule has 0 spiro atoms. The van der Waals surface area contributed by atoms with Gasteiger partial charge in [0.05, 0.1) is 18.1 Å². The van der Waals surface area contributed by atoms with Gasteiger partial charge in [-0.15, -0.1) is 0 Å². The second-order valence-electron chi connectivity index (χ2n) is 4.95. The normalized spacial score (nSPS) is 15.0. The van der Waals surface area contributed by atoms with Gasteiger partial charge in [0.25, 0.3) is 5.91 Å². The Labute approximate surface area is 123 Å². The molecule has 2 aromatic rings. The maximum Gasteiger partial charge on any atom is 0.253 e. The van der Waals surface area contributed by atoms with E-state index in [0.29, 0.717) is 11.4 Å². The lowest BCUT2D eigenvalue weighted by atomic mass is 10.1. The van der Waals surface area contributed by atoms with E-state index in [2.05, 4.69) is 15.3 Å². The lowest BCUT2D eigenvalue weighted by Crippen LogP contribution is -2.46. The van der Waals surface area contributed by atoms with Gasteiger partial charge in [-0.2, -0.15) is 0 Å². The van der Waals surface area contributed by atoms with Crippen molar-refractivity contribution in [1.82, 2.24) is 20.2 Å². The van der Waals surface area contributed by atoms with Crippen molar-refractivity contribution in [2.24, 2.45) is 0 Å². The molecule has 1 aliphatic heterocycles. The van der Waals surface area contributed by atoms with E-state index < -0.39 is 0 Å². The van der Waals surface area contributed by atoms with Crippen LogP contribution in [0.3, 0.4) is 0 Å². The summed E-state index contributed by atoms with van der Waals surface area (Å²) in [4.78, 5) is 22.5. The van der Waals surface area contributed by atoms with E-state index in [1.807, 2.05) is 29.2 Å². The molecule has 3 N–H and O–H groups in total. The molecular weight excluding hydrogens is 266 g/mol. The van der Waals surface area contributed by atoms with Crippen LogP contribution in [0.2, 0.25) is 0 Å². The highest BCUT2D eigenvalue weighted by Crippen LogP contribution is 2.18. The van der Waals surface area contributed by atoms with Crippen molar-refractivity contribution in [3.05, 3.63) is 42.2 Å². The van der Waals surface area contributed by atoms with Gasteiger partial charge in [0.15, 0.2) is 0 Å². The number of amides is 1. The SMILES string of the molecule is Nc1cnc(-c2ccc(C(=O)N3CCNCC3)cc2)cn1. The van der Waals surface area contributed by atoms with Crippen molar-refractivity contribution in [1.29, 1.82) is 0 Å². The molecular formula is C15H17N5O.